The van der Waals surface area contributed by atoms with Gasteiger partial charge in [-0.1, -0.05) is 13.8 Å². The molecular formula is C17H23F2N5. The molecule has 1 aliphatic carbocycles. The number of nitrogens with two attached hydrogens (primary N) is 2. The first-order chi connectivity index (χ1) is 11.2. The van der Waals surface area contributed by atoms with E-state index in [2.05, 4.69) is 28.7 Å². The number of halogens is 2. The van der Waals surface area contributed by atoms with Crippen molar-refractivity contribution in [2.24, 2.45) is 16.9 Å². The molecule has 2 unspecified atom stereocenters. The summed E-state index contributed by atoms with van der Waals surface area (Å²) in [5.41, 5.74) is 11.0. The van der Waals surface area contributed by atoms with E-state index in [1.165, 1.54) is 12.4 Å². The van der Waals surface area contributed by atoms with Crippen molar-refractivity contribution < 1.29 is 8.78 Å². The molecule has 0 saturated carbocycles. The number of hydrogen-bond acceptors (Lipinski definition) is 5. The zero-order chi connectivity index (χ0) is 17.5. The van der Waals surface area contributed by atoms with Crippen LogP contribution < -0.4 is 16.4 Å². The fourth-order valence-corrected chi connectivity index (χ4v) is 3.09. The molecule has 24 heavy (non-hydrogen) atoms. The highest BCUT2D eigenvalue weighted by molar-refractivity contribution is 5.42. The van der Waals surface area contributed by atoms with Crippen LogP contribution in [0.2, 0.25) is 0 Å². The van der Waals surface area contributed by atoms with E-state index in [0.29, 0.717) is 16.9 Å². The van der Waals surface area contributed by atoms with Gasteiger partial charge in [-0.2, -0.15) is 0 Å². The minimum Gasteiger partial charge on any atom is -0.341 e. The van der Waals surface area contributed by atoms with Gasteiger partial charge in [0.25, 0.3) is 0 Å². The average Bonchev–Trinajstić information content (AvgIpc) is 2.52. The molecule has 0 bridgehead atoms. The third kappa shape index (κ3) is 2.93. The second kappa shape index (κ2) is 5.89. The molecule has 1 aromatic rings. The summed E-state index contributed by atoms with van der Waals surface area (Å²) in [4.78, 5) is 10.8. The molecule has 2 aliphatic rings. The lowest BCUT2D eigenvalue weighted by atomic mass is 9.81. The van der Waals surface area contributed by atoms with Crippen LogP contribution in [0.3, 0.4) is 0 Å². The van der Waals surface area contributed by atoms with Crippen molar-refractivity contribution >= 4 is 5.95 Å². The Morgan fingerprint density at radius 2 is 1.75 bits per heavy atom. The molecule has 4 N–H and O–H groups in total. The normalized spacial score (nSPS) is 29.9. The molecule has 3 rings (SSSR count). The third-order valence-corrected chi connectivity index (χ3v) is 5.04. The van der Waals surface area contributed by atoms with Gasteiger partial charge < -0.3 is 16.4 Å². The summed E-state index contributed by atoms with van der Waals surface area (Å²) in [5.74, 6) is -0.964. The van der Waals surface area contributed by atoms with Gasteiger partial charge in [0.1, 0.15) is 17.2 Å². The van der Waals surface area contributed by atoms with Gasteiger partial charge in [0.05, 0.1) is 6.04 Å². The molecule has 7 heteroatoms. The molecular weight excluding hydrogens is 312 g/mol. The minimum absolute atomic E-state index is 0.327. The predicted octanol–water partition coefficient (Wildman–Crippen LogP) is 2.30. The summed E-state index contributed by atoms with van der Waals surface area (Å²) in [5, 5.41) is 0. The second-order valence-electron chi connectivity index (χ2n) is 7.36. The van der Waals surface area contributed by atoms with E-state index >= 15 is 0 Å². The maximum Gasteiger partial charge on any atom is 0.225 e. The van der Waals surface area contributed by atoms with Crippen LogP contribution in [-0.2, 0) is 5.54 Å². The fraction of sp³-hybridized carbons (Fsp3) is 0.529. The molecule has 1 aliphatic heterocycles. The van der Waals surface area contributed by atoms with Crippen LogP contribution in [0.25, 0.3) is 0 Å². The maximum atomic E-state index is 14.3. The quantitative estimate of drug-likeness (QED) is 0.867. The zero-order valence-corrected chi connectivity index (χ0v) is 14.0. The van der Waals surface area contributed by atoms with Crippen LogP contribution in [0.5, 0.6) is 0 Å². The first-order valence-electron chi connectivity index (χ1n) is 8.09. The number of nitrogens with zero attached hydrogens (tertiary/aromatic N) is 3. The first-order valence-corrected chi connectivity index (χ1v) is 8.09. The van der Waals surface area contributed by atoms with Crippen molar-refractivity contribution in [3.63, 3.8) is 0 Å². The number of piperidine rings is 1. The number of hydrogen-bond donors (Lipinski definition) is 2. The predicted molar refractivity (Wildman–Crippen MR) is 89.5 cm³/mol. The first kappa shape index (κ1) is 17.0. The minimum atomic E-state index is -1.64. The van der Waals surface area contributed by atoms with Crippen LogP contribution in [0.4, 0.5) is 14.7 Å². The monoisotopic (exact) mass is 335 g/mol. The topological polar surface area (TPSA) is 81.1 Å². The zero-order valence-electron chi connectivity index (χ0n) is 14.0. The molecule has 5 nitrogen and oxygen atoms in total. The Hall–Kier alpha value is -1.86. The molecule has 1 fully saturated rings. The molecule has 2 atom stereocenters. The lowest BCUT2D eigenvalue weighted by molar-refractivity contribution is 0.278. The Balaban J connectivity index is 1.81. The van der Waals surface area contributed by atoms with Gasteiger partial charge in [-0.25, -0.2) is 18.7 Å². The third-order valence-electron chi connectivity index (χ3n) is 5.04. The van der Waals surface area contributed by atoms with E-state index in [4.69, 9.17) is 11.5 Å². The highest BCUT2D eigenvalue weighted by atomic mass is 19.1. The van der Waals surface area contributed by atoms with Crippen LogP contribution in [-0.4, -0.2) is 29.1 Å². The van der Waals surface area contributed by atoms with E-state index in [1.807, 2.05) is 0 Å². The molecule has 1 saturated heterocycles. The van der Waals surface area contributed by atoms with Crippen molar-refractivity contribution in [3.8, 4) is 0 Å². The number of allylic oxidation sites excluding steroid dienone is 2. The Kier molecular flexibility index (Phi) is 4.17. The van der Waals surface area contributed by atoms with Crippen molar-refractivity contribution in [1.29, 1.82) is 0 Å². The smallest absolute Gasteiger partial charge is 0.225 e. The molecule has 0 amide bonds. The fourth-order valence-electron chi connectivity index (χ4n) is 3.09. The van der Waals surface area contributed by atoms with Crippen LogP contribution >= 0.6 is 0 Å². The van der Waals surface area contributed by atoms with Crippen molar-refractivity contribution in [2.75, 3.05) is 18.0 Å². The van der Waals surface area contributed by atoms with Gasteiger partial charge in [0, 0.05) is 37.1 Å². The van der Waals surface area contributed by atoms with E-state index in [0.717, 1.165) is 38.1 Å². The summed E-state index contributed by atoms with van der Waals surface area (Å²) >= 11 is 0. The van der Waals surface area contributed by atoms with Gasteiger partial charge in [-0.3, -0.25) is 0 Å². The highest BCUT2D eigenvalue weighted by Crippen LogP contribution is 2.36. The van der Waals surface area contributed by atoms with E-state index in [-0.39, 0.29) is 0 Å². The summed E-state index contributed by atoms with van der Waals surface area (Å²) in [6.45, 7) is 6.25. The molecule has 0 aromatic carbocycles. The Bertz CT molecular complexity index is 673. The van der Waals surface area contributed by atoms with Crippen LogP contribution in [0, 0.1) is 5.41 Å². The van der Waals surface area contributed by atoms with Gasteiger partial charge in [0.2, 0.25) is 5.95 Å². The number of rotatable bonds is 2. The summed E-state index contributed by atoms with van der Waals surface area (Å²) in [6.07, 6.45) is 6.93. The van der Waals surface area contributed by atoms with Crippen LogP contribution in [0.15, 0.2) is 36.2 Å². The summed E-state index contributed by atoms with van der Waals surface area (Å²) in [6, 6.07) is -1.02. The number of anilines is 1. The van der Waals surface area contributed by atoms with E-state index < -0.39 is 23.2 Å². The largest absolute Gasteiger partial charge is 0.341 e. The van der Waals surface area contributed by atoms with Gasteiger partial charge in [-0.05, 0) is 24.3 Å². The summed E-state index contributed by atoms with van der Waals surface area (Å²) in [7, 11) is 0. The summed E-state index contributed by atoms with van der Waals surface area (Å²) < 4.78 is 27.6. The van der Waals surface area contributed by atoms with Gasteiger partial charge in [0.15, 0.2) is 0 Å². The molecule has 1 aromatic heterocycles. The lowest BCUT2D eigenvalue weighted by Gasteiger charge is -2.37. The molecule has 2 heterocycles. The van der Waals surface area contributed by atoms with E-state index in [1.54, 1.807) is 0 Å². The Labute approximate surface area is 140 Å². The van der Waals surface area contributed by atoms with Crippen molar-refractivity contribution in [1.82, 2.24) is 9.97 Å². The van der Waals surface area contributed by atoms with Crippen LogP contribution in [0.1, 0.15) is 32.3 Å². The highest BCUT2D eigenvalue weighted by Gasteiger charge is 2.41. The van der Waals surface area contributed by atoms with E-state index in [9.17, 15) is 8.78 Å². The average molecular weight is 335 g/mol. The lowest BCUT2D eigenvalue weighted by Crippen LogP contribution is -2.53. The van der Waals surface area contributed by atoms with Crippen molar-refractivity contribution in [2.45, 2.75) is 38.3 Å². The SMILES string of the molecule is CC1(C)CCN(c2ncc(C3(N)C(F)=CC(F)=CC3N)cn2)CC1. The molecule has 0 spiro atoms. The van der Waals surface area contributed by atoms with Gasteiger partial charge >= 0.3 is 0 Å². The standard InChI is InChI=1S/C17H23F2N5/c1-16(2)3-5-24(6-4-16)15-22-9-11(10-23-15)17(21)13(19)7-12(18)8-14(17)20/h7-10,14H,3-6,20-21H2,1-2H3. The Morgan fingerprint density at radius 3 is 2.29 bits per heavy atom. The number of aromatic nitrogens is 2. The second-order valence-corrected chi connectivity index (χ2v) is 7.36. The maximum absolute atomic E-state index is 14.3. The molecule has 130 valence electrons. The molecule has 0 radical (unpaired) electrons. The van der Waals surface area contributed by atoms with Gasteiger partial charge in [-0.15, -0.1) is 0 Å². The Morgan fingerprint density at radius 1 is 1.17 bits per heavy atom. The van der Waals surface area contributed by atoms with Crippen molar-refractivity contribution in [3.05, 3.63) is 41.8 Å².